The van der Waals surface area contributed by atoms with Gasteiger partial charge in [-0.25, -0.2) is 0 Å². The van der Waals surface area contributed by atoms with Crippen molar-refractivity contribution in [2.75, 3.05) is 19.4 Å². The Balaban J connectivity index is 1.94. The molecule has 0 fully saturated rings. The Bertz CT molecular complexity index is 653. The highest BCUT2D eigenvalue weighted by atomic mass is 32.1. The van der Waals surface area contributed by atoms with Crippen LogP contribution >= 0.6 is 12.2 Å². The molecule has 122 valence electrons. The van der Waals surface area contributed by atoms with Crippen LogP contribution in [0, 0.1) is 0 Å². The number of benzene rings is 2. The van der Waals surface area contributed by atoms with E-state index in [1.54, 1.807) is 0 Å². The summed E-state index contributed by atoms with van der Waals surface area (Å²) >= 11 is 5.42. The molecule has 0 radical (unpaired) electrons. The molecule has 0 aromatic heterocycles. The number of hydrogen-bond acceptors (Lipinski definition) is 1. The molecule has 0 heterocycles. The van der Waals surface area contributed by atoms with Crippen molar-refractivity contribution in [3.05, 3.63) is 65.2 Å². The van der Waals surface area contributed by atoms with E-state index >= 15 is 0 Å². The Morgan fingerprint density at radius 1 is 1.04 bits per heavy atom. The van der Waals surface area contributed by atoms with E-state index in [0.717, 1.165) is 25.2 Å². The highest BCUT2D eigenvalue weighted by Gasteiger charge is 2.06. The predicted molar refractivity (Wildman–Crippen MR) is 102 cm³/mol. The molecule has 0 saturated heterocycles. The molecule has 3 nitrogen and oxygen atoms in total. The van der Waals surface area contributed by atoms with E-state index in [0.29, 0.717) is 5.11 Å². The highest BCUT2D eigenvalue weighted by molar-refractivity contribution is 7.80. The SMILES string of the molecule is CCc1cccc(NC(=S)NCc2ccccc2C[NH+](C)C)c1. The fourth-order valence-electron chi connectivity index (χ4n) is 2.50. The van der Waals surface area contributed by atoms with E-state index in [1.807, 2.05) is 6.07 Å². The molecule has 4 heteroatoms. The zero-order valence-corrected chi connectivity index (χ0v) is 15.0. The van der Waals surface area contributed by atoms with Crippen molar-refractivity contribution >= 4 is 23.0 Å². The summed E-state index contributed by atoms with van der Waals surface area (Å²) in [6.45, 7) is 3.90. The van der Waals surface area contributed by atoms with Crippen LogP contribution in [0.3, 0.4) is 0 Å². The summed E-state index contributed by atoms with van der Waals surface area (Å²) in [5.41, 5.74) is 4.99. The van der Waals surface area contributed by atoms with Gasteiger partial charge in [0.15, 0.2) is 5.11 Å². The fourth-order valence-corrected chi connectivity index (χ4v) is 2.69. The maximum Gasteiger partial charge on any atom is 0.171 e. The van der Waals surface area contributed by atoms with Gasteiger partial charge < -0.3 is 15.5 Å². The van der Waals surface area contributed by atoms with Gasteiger partial charge in [0.2, 0.25) is 0 Å². The van der Waals surface area contributed by atoms with E-state index in [9.17, 15) is 0 Å². The Kier molecular flexibility index (Phi) is 6.56. The number of quaternary nitrogens is 1. The summed E-state index contributed by atoms with van der Waals surface area (Å²) < 4.78 is 0. The quantitative estimate of drug-likeness (QED) is 0.711. The molecule has 0 aliphatic heterocycles. The second-order valence-corrected chi connectivity index (χ2v) is 6.42. The van der Waals surface area contributed by atoms with Crippen LogP contribution in [0.25, 0.3) is 0 Å². The molecule has 0 aliphatic carbocycles. The van der Waals surface area contributed by atoms with Crippen molar-refractivity contribution in [2.24, 2.45) is 0 Å². The molecule has 2 aromatic rings. The van der Waals surface area contributed by atoms with Crippen LogP contribution in [0.4, 0.5) is 5.69 Å². The van der Waals surface area contributed by atoms with E-state index < -0.39 is 0 Å². The molecule has 2 rings (SSSR count). The van der Waals surface area contributed by atoms with Gasteiger partial charge in [-0.15, -0.1) is 0 Å². The summed E-state index contributed by atoms with van der Waals surface area (Å²) in [4.78, 5) is 1.41. The van der Waals surface area contributed by atoms with Crippen molar-refractivity contribution < 1.29 is 4.90 Å². The molecule has 3 N–H and O–H groups in total. The first-order valence-electron chi connectivity index (χ1n) is 8.08. The number of thiocarbonyl (C=S) groups is 1. The van der Waals surface area contributed by atoms with Crippen LogP contribution in [0.1, 0.15) is 23.6 Å². The summed E-state index contributed by atoms with van der Waals surface area (Å²) in [6, 6.07) is 16.9. The summed E-state index contributed by atoms with van der Waals surface area (Å²) in [5, 5.41) is 7.23. The molecule has 0 bridgehead atoms. The second-order valence-electron chi connectivity index (χ2n) is 6.01. The third-order valence-corrected chi connectivity index (χ3v) is 3.94. The Labute approximate surface area is 144 Å². The lowest BCUT2D eigenvalue weighted by atomic mass is 10.1. The van der Waals surface area contributed by atoms with Crippen molar-refractivity contribution in [1.29, 1.82) is 0 Å². The summed E-state index contributed by atoms with van der Waals surface area (Å²) in [5.74, 6) is 0. The monoisotopic (exact) mass is 328 g/mol. The van der Waals surface area contributed by atoms with Crippen LogP contribution < -0.4 is 15.5 Å². The third-order valence-electron chi connectivity index (χ3n) is 3.69. The zero-order valence-electron chi connectivity index (χ0n) is 14.1. The standard InChI is InChI=1S/C19H25N3S/c1-4-15-8-7-11-18(12-15)21-19(23)20-13-16-9-5-6-10-17(16)14-22(2)3/h5-12H,4,13-14H2,1-3H3,(H2,20,21,23)/p+1. The average Bonchev–Trinajstić information content (AvgIpc) is 2.53. The molecule has 0 atom stereocenters. The van der Waals surface area contributed by atoms with Crippen molar-refractivity contribution in [3.8, 4) is 0 Å². The van der Waals surface area contributed by atoms with Crippen molar-refractivity contribution in [3.63, 3.8) is 0 Å². The summed E-state index contributed by atoms with van der Waals surface area (Å²) in [7, 11) is 4.33. The van der Waals surface area contributed by atoms with Gasteiger partial charge >= 0.3 is 0 Å². The van der Waals surface area contributed by atoms with Gasteiger partial charge in [-0.1, -0.05) is 43.3 Å². The molecule has 0 unspecified atom stereocenters. The van der Waals surface area contributed by atoms with E-state index in [1.165, 1.54) is 21.6 Å². The van der Waals surface area contributed by atoms with Crippen molar-refractivity contribution in [2.45, 2.75) is 26.4 Å². The van der Waals surface area contributed by atoms with Crippen LogP contribution in [0.2, 0.25) is 0 Å². The maximum atomic E-state index is 5.42. The van der Waals surface area contributed by atoms with E-state index in [-0.39, 0.29) is 0 Å². The van der Waals surface area contributed by atoms with Gasteiger partial charge in [0.25, 0.3) is 0 Å². The highest BCUT2D eigenvalue weighted by Crippen LogP contribution is 2.11. The zero-order chi connectivity index (χ0) is 16.7. The molecular weight excluding hydrogens is 302 g/mol. The molecule has 0 amide bonds. The number of rotatable bonds is 6. The van der Waals surface area contributed by atoms with Gasteiger partial charge in [-0.2, -0.15) is 0 Å². The molecule has 0 saturated carbocycles. The molecular formula is C19H26N3S+. The average molecular weight is 329 g/mol. The molecule has 23 heavy (non-hydrogen) atoms. The molecule has 2 aromatic carbocycles. The lowest BCUT2D eigenvalue weighted by Gasteiger charge is -2.15. The third kappa shape index (κ3) is 5.66. The van der Waals surface area contributed by atoms with Crippen LogP contribution in [-0.2, 0) is 19.5 Å². The van der Waals surface area contributed by atoms with Gasteiger partial charge in [-0.3, -0.25) is 0 Å². The first kappa shape index (κ1) is 17.4. The molecule has 0 spiro atoms. The smallest absolute Gasteiger partial charge is 0.171 e. The summed E-state index contributed by atoms with van der Waals surface area (Å²) in [6.07, 6.45) is 1.02. The number of anilines is 1. The fraction of sp³-hybridized carbons (Fsp3) is 0.316. The minimum atomic E-state index is 0.658. The molecule has 0 aliphatic rings. The van der Waals surface area contributed by atoms with Gasteiger partial charge in [0.05, 0.1) is 14.1 Å². The topological polar surface area (TPSA) is 28.5 Å². The predicted octanol–water partition coefficient (Wildman–Crippen LogP) is 2.38. The van der Waals surface area contributed by atoms with E-state index in [4.69, 9.17) is 12.2 Å². The van der Waals surface area contributed by atoms with Crippen LogP contribution in [0.5, 0.6) is 0 Å². The van der Waals surface area contributed by atoms with Crippen LogP contribution in [-0.4, -0.2) is 19.2 Å². The normalized spacial score (nSPS) is 10.6. The maximum absolute atomic E-state index is 5.42. The minimum Gasteiger partial charge on any atom is -0.358 e. The number of hydrogen-bond donors (Lipinski definition) is 3. The second kappa shape index (κ2) is 8.65. The van der Waals surface area contributed by atoms with Crippen molar-refractivity contribution in [1.82, 2.24) is 5.32 Å². The van der Waals surface area contributed by atoms with Crippen LogP contribution in [0.15, 0.2) is 48.5 Å². The Morgan fingerprint density at radius 2 is 1.78 bits per heavy atom. The Morgan fingerprint density at radius 3 is 2.48 bits per heavy atom. The minimum absolute atomic E-state index is 0.658. The van der Waals surface area contributed by atoms with Gasteiger partial charge in [-0.05, 0) is 41.9 Å². The largest absolute Gasteiger partial charge is 0.358 e. The van der Waals surface area contributed by atoms with Gasteiger partial charge in [0.1, 0.15) is 6.54 Å². The first-order valence-corrected chi connectivity index (χ1v) is 8.49. The Hall–Kier alpha value is -1.91. The van der Waals surface area contributed by atoms with E-state index in [2.05, 4.69) is 74.1 Å². The number of aryl methyl sites for hydroxylation is 1. The lowest BCUT2D eigenvalue weighted by Crippen LogP contribution is -3.04. The lowest BCUT2D eigenvalue weighted by molar-refractivity contribution is -0.872. The number of nitrogens with one attached hydrogen (secondary N) is 3. The first-order chi connectivity index (χ1) is 11.1. The van der Waals surface area contributed by atoms with Gasteiger partial charge in [0, 0.05) is 17.8 Å².